The van der Waals surface area contributed by atoms with E-state index in [-0.39, 0.29) is 18.6 Å². The predicted molar refractivity (Wildman–Crippen MR) is 106 cm³/mol. The highest BCUT2D eigenvalue weighted by molar-refractivity contribution is 5.78. The van der Waals surface area contributed by atoms with Crippen molar-refractivity contribution in [3.63, 3.8) is 0 Å². The first kappa shape index (κ1) is 18.7. The van der Waals surface area contributed by atoms with Crippen LogP contribution in [0.5, 0.6) is 5.75 Å². The minimum absolute atomic E-state index is 0.00150. The van der Waals surface area contributed by atoms with Crippen LogP contribution in [0.25, 0.3) is 5.69 Å². The maximum Gasteiger partial charge on any atom is 0.258 e. The lowest BCUT2D eigenvalue weighted by molar-refractivity contribution is -0.123. The third-order valence-electron chi connectivity index (χ3n) is 4.49. The third-order valence-corrected chi connectivity index (χ3v) is 4.49. The molecule has 0 saturated heterocycles. The van der Waals surface area contributed by atoms with Crippen molar-refractivity contribution in [1.82, 2.24) is 14.9 Å². The minimum atomic E-state index is -0.144. The number of benzene rings is 2. The summed E-state index contributed by atoms with van der Waals surface area (Å²) in [4.78, 5) is 16.2. The van der Waals surface area contributed by atoms with E-state index in [1.165, 1.54) is 5.56 Å². The molecule has 140 valence electrons. The molecule has 3 rings (SSSR count). The van der Waals surface area contributed by atoms with Crippen molar-refractivity contribution in [1.29, 1.82) is 0 Å². The van der Waals surface area contributed by atoms with E-state index < -0.39 is 0 Å². The van der Waals surface area contributed by atoms with Gasteiger partial charge in [-0.2, -0.15) is 0 Å². The van der Waals surface area contributed by atoms with Crippen LogP contribution in [0.15, 0.2) is 67.3 Å². The molecule has 2 aromatic carbocycles. The number of nitrogens with one attached hydrogen (secondary N) is 1. The van der Waals surface area contributed by atoms with Crippen molar-refractivity contribution < 1.29 is 9.53 Å². The van der Waals surface area contributed by atoms with Gasteiger partial charge in [-0.15, -0.1) is 0 Å². The number of hydrogen-bond acceptors (Lipinski definition) is 3. The van der Waals surface area contributed by atoms with Crippen molar-refractivity contribution in [2.24, 2.45) is 0 Å². The number of carbonyl (C=O) groups excluding carboxylic acids is 1. The van der Waals surface area contributed by atoms with Crippen LogP contribution in [-0.2, 0) is 4.79 Å². The van der Waals surface area contributed by atoms with E-state index in [2.05, 4.69) is 24.1 Å². The Morgan fingerprint density at radius 3 is 2.30 bits per heavy atom. The number of carbonyl (C=O) groups is 1. The largest absolute Gasteiger partial charge is 0.484 e. The van der Waals surface area contributed by atoms with Gasteiger partial charge in [-0.25, -0.2) is 4.98 Å². The van der Waals surface area contributed by atoms with Crippen molar-refractivity contribution in [3.8, 4) is 11.4 Å². The monoisotopic (exact) mass is 363 g/mol. The van der Waals surface area contributed by atoms with Gasteiger partial charge in [0.2, 0.25) is 0 Å². The fraction of sp³-hybridized carbons (Fsp3) is 0.273. The summed E-state index contributed by atoms with van der Waals surface area (Å²) >= 11 is 0. The molecule has 27 heavy (non-hydrogen) atoms. The van der Waals surface area contributed by atoms with Gasteiger partial charge in [0.1, 0.15) is 5.75 Å². The van der Waals surface area contributed by atoms with Crippen LogP contribution in [0.2, 0.25) is 0 Å². The fourth-order valence-electron chi connectivity index (χ4n) is 2.81. The summed E-state index contributed by atoms with van der Waals surface area (Å²) in [7, 11) is 0. The summed E-state index contributed by atoms with van der Waals surface area (Å²) in [6, 6.07) is 15.8. The van der Waals surface area contributed by atoms with E-state index in [4.69, 9.17) is 4.74 Å². The Labute approximate surface area is 160 Å². The quantitative estimate of drug-likeness (QED) is 0.683. The lowest BCUT2D eigenvalue weighted by Gasteiger charge is -2.15. The number of aromatic nitrogens is 2. The van der Waals surface area contributed by atoms with E-state index >= 15 is 0 Å². The molecule has 0 aliphatic heterocycles. The van der Waals surface area contributed by atoms with Crippen LogP contribution in [0.3, 0.4) is 0 Å². The number of ether oxygens (including phenoxy) is 1. The molecule has 0 aliphatic carbocycles. The summed E-state index contributed by atoms with van der Waals surface area (Å²) in [5, 5.41) is 2.97. The van der Waals surface area contributed by atoms with Gasteiger partial charge in [-0.05, 0) is 48.2 Å². The molecule has 3 aromatic rings. The summed E-state index contributed by atoms with van der Waals surface area (Å²) in [6.45, 7) is 6.25. The molecule has 0 fully saturated rings. The molecule has 1 atom stereocenters. The molecule has 5 heteroatoms. The molecule has 1 N–H and O–H groups in total. The van der Waals surface area contributed by atoms with E-state index in [1.54, 1.807) is 12.5 Å². The molecule has 1 heterocycles. The second kappa shape index (κ2) is 8.54. The van der Waals surface area contributed by atoms with Crippen LogP contribution in [0.4, 0.5) is 0 Å². The predicted octanol–water partition coefficient (Wildman–Crippen LogP) is 4.25. The van der Waals surface area contributed by atoms with Gasteiger partial charge in [-0.3, -0.25) is 4.79 Å². The molecule has 1 aromatic heterocycles. The van der Waals surface area contributed by atoms with Gasteiger partial charge < -0.3 is 14.6 Å². The highest BCUT2D eigenvalue weighted by atomic mass is 16.5. The first-order valence-corrected chi connectivity index (χ1v) is 9.13. The number of hydrogen-bond donors (Lipinski definition) is 1. The average molecular weight is 363 g/mol. The van der Waals surface area contributed by atoms with Gasteiger partial charge in [0.25, 0.3) is 5.91 Å². The van der Waals surface area contributed by atoms with Gasteiger partial charge in [0.15, 0.2) is 6.61 Å². The summed E-state index contributed by atoms with van der Waals surface area (Å²) in [6.07, 6.45) is 5.39. The number of amides is 1. The minimum Gasteiger partial charge on any atom is -0.484 e. The van der Waals surface area contributed by atoms with Gasteiger partial charge in [0.05, 0.1) is 12.4 Å². The fourth-order valence-corrected chi connectivity index (χ4v) is 2.81. The number of rotatable bonds is 7. The van der Waals surface area contributed by atoms with Crippen LogP contribution in [0.1, 0.15) is 43.9 Å². The SMILES string of the molecule is CC(C)c1ccc(OCC(=O)NC(C)c2ccc(-n3ccnc3)cc2)cc1. The number of imidazole rings is 1. The van der Waals surface area contributed by atoms with Gasteiger partial charge >= 0.3 is 0 Å². The van der Waals surface area contributed by atoms with E-state index in [9.17, 15) is 4.79 Å². The third kappa shape index (κ3) is 4.97. The first-order valence-electron chi connectivity index (χ1n) is 9.13. The van der Waals surface area contributed by atoms with Crippen molar-refractivity contribution in [2.75, 3.05) is 6.61 Å². The normalized spacial score (nSPS) is 12.0. The molecule has 1 amide bonds. The Bertz CT molecular complexity index is 854. The summed E-state index contributed by atoms with van der Waals surface area (Å²) in [5.41, 5.74) is 3.32. The Hall–Kier alpha value is -3.08. The lowest BCUT2D eigenvalue weighted by Crippen LogP contribution is -2.31. The van der Waals surface area contributed by atoms with Gasteiger partial charge in [-0.1, -0.05) is 38.1 Å². The van der Waals surface area contributed by atoms with Crippen LogP contribution in [-0.4, -0.2) is 22.1 Å². The highest BCUT2D eigenvalue weighted by Gasteiger charge is 2.10. The molecule has 5 nitrogen and oxygen atoms in total. The van der Waals surface area contributed by atoms with E-state index in [1.807, 2.05) is 66.2 Å². The maximum absolute atomic E-state index is 12.2. The Morgan fingerprint density at radius 1 is 1.04 bits per heavy atom. The smallest absolute Gasteiger partial charge is 0.258 e. The molecular formula is C22H25N3O2. The Balaban J connectivity index is 1.51. The maximum atomic E-state index is 12.2. The van der Waals surface area contributed by atoms with E-state index in [0.29, 0.717) is 11.7 Å². The first-order chi connectivity index (χ1) is 13.0. The van der Waals surface area contributed by atoms with Crippen LogP contribution >= 0.6 is 0 Å². The summed E-state index contributed by atoms with van der Waals surface area (Å²) < 4.78 is 7.52. The molecule has 0 radical (unpaired) electrons. The zero-order chi connectivity index (χ0) is 19.2. The van der Waals surface area contributed by atoms with Crippen molar-refractivity contribution in [3.05, 3.63) is 78.4 Å². The average Bonchev–Trinajstić information content (AvgIpc) is 3.21. The van der Waals surface area contributed by atoms with E-state index in [0.717, 1.165) is 11.3 Å². The van der Waals surface area contributed by atoms with Crippen LogP contribution in [0, 0.1) is 0 Å². The number of nitrogens with zero attached hydrogens (tertiary/aromatic N) is 2. The second-order valence-corrected chi connectivity index (χ2v) is 6.86. The molecular weight excluding hydrogens is 338 g/mol. The molecule has 0 bridgehead atoms. The molecule has 0 saturated carbocycles. The molecule has 0 aliphatic rings. The molecule has 1 unspecified atom stereocenters. The zero-order valence-corrected chi connectivity index (χ0v) is 15.9. The lowest BCUT2D eigenvalue weighted by atomic mass is 10.0. The highest BCUT2D eigenvalue weighted by Crippen LogP contribution is 2.19. The summed E-state index contributed by atoms with van der Waals surface area (Å²) in [5.74, 6) is 1.03. The van der Waals surface area contributed by atoms with Gasteiger partial charge in [0, 0.05) is 18.1 Å². The molecule has 0 spiro atoms. The second-order valence-electron chi connectivity index (χ2n) is 6.86. The standard InChI is InChI=1S/C22H25N3O2/c1-16(2)18-6-10-21(11-7-18)27-14-22(26)24-17(3)19-4-8-20(9-5-19)25-13-12-23-15-25/h4-13,15-17H,14H2,1-3H3,(H,24,26). The topological polar surface area (TPSA) is 56.1 Å². The Morgan fingerprint density at radius 2 is 1.70 bits per heavy atom. The van der Waals surface area contributed by atoms with Crippen molar-refractivity contribution in [2.45, 2.75) is 32.7 Å². The zero-order valence-electron chi connectivity index (χ0n) is 15.9. The van der Waals surface area contributed by atoms with Crippen LogP contribution < -0.4 is 10.1 Å². The van der Waals surface area contributed by atoms with Crippen molar-refractivity contribution >= 4 is 5.91 Å². The Kier molecular flexibility index (Phi) is 5.91.